The lowest BCUT2D eigenvalue weighted by Gasteiger charge is -2.28. The molecule has 0 unspecified atom stereocenters. The van der Waals surface area contributed by atoms with E-state index in [4.69, 9.17) is 0 Å². The Balaban J connectivity index is 1.97. The number of aryl methyl sites for hydroxylation is 1. The summed E-state index contributed by atoms with van der Waals surface area (Å²) < 4.78 is 1.30. The summed E-state index contributed by atoms with van der Waals surface area (Å²) >= 11 is 0. The lowest BCUT2D eigenvalue weighted by atomic mass is 10.1. The quantitative estimate of drug-likeness (QED) is 0.846. The van der Waals surface area contributed by atoms with Gasteiger partial charge in [-0.15, -0.1) is 4.91 Å². The lowest BCUT2D eigenvalue weighted by molar-refractivity contribution is 0.0684. The van der Waals surface area contributed by atoms with Crippen LogP contribution in [0, 0.1) is 4.91 Å². The highest BCUT2D eigenvalue weighted by Gasteiger charge is 2.24. The molecular weight excluding hydrogens is 308 g/mol. The third kappa shape index (κ3) is 2.89. The second-order valence-corrected chi connectivity index (χ2v) is 5.85. The van der Waals surface area contributed by atoms with E-state index in [0.717, 1.165) is 18.8 Å². The van der Waals surface area contributed by atoms with Crippen molar-refractivity contribution in [2.24, 2.45) is 5.18 Å². The van der Waals surface area contributed by atoms with Crippen molar-refractivity contribution in [1.82, 2.24) is 9.78 Å². The number of piperidine rings is 1. The molecule has 1 N–H and O–H groups in total. The van der Waals surface area contributed by atoms with Gasteiger partial charge in [-0.25, -0.2) is 4.79 Å². The lowest BCUT2D eigenvalue weighted by Crippen LogP contribution is -2.29. The van der Waals surface area contributed by atoms with Crippen LogP contribution in [0.3, 0.4) is 0 Å². The maximum atomic E-state index is 11.4. The zero-order chi connectivity index (χ0) is 17.1. The Labute approximate surface area is 139 Å². The summed E-state index contributed by atoms with van der Waals surface area (Å²) in [7, 11) is 0. The SMILES string of the molecule is CCn1nc(-c2ccc(N3CCCCC3)cc2)c(N=O)c1C(=O)O. The first-order chi connectivity index (χ1) is 11.7. The van der Waals surface area contributed by atoms with Gasteiger partial charge in [-0.2, -0.15) is 5.10 Å². The van der Waals surface area contributed by atoms with Crippen LogP contribution >= 0.6 is 0 Å². The number of nitrogens with zero attached hydrogens (tertiary/aromatic N) is 4. The molecule has 0 radical (unpaired) electrons. The van der Waals surface area contributed by atoms with Gasteiger partial charge in [0.1, 0.15) is 5.69 Å². The Bertz CT molecular complexity index is 746. The van der Waals surface area contributed by atoms with Gasteiger partial charge in [-0.05, 0) is 43.5 Å². The third-order valence-corrected chi connectivity index (χ3v) is 4.38. The van der Waals surface area contributed by atoms with Crippen molar-refractivity contribution < 1.29 is 9.90 Å². The Morgan fingerprint density at radius 3 is 2.42 bits per heavy atom. The molecule has 0 atom stereocenters. The summed E-state index contributed by atoms with van der Waals surface area (Å²) in [6.07, 6.45) is 3.67. The fraction of sp³-hybridized carbons (Fsp3) is 0.412. The van der Waals surface area contributed by atoms with Crippen LogP contribution in [-0.2, 0) is 6.54 Å². The highest BCUT2D eigenvalue weighted by molar-refractivity contribution is 5.95. The molecule has 24 heavy (non-hydrogen) atoms. The van der Waals surface area contributed by atoms with Gasteiger partial charge in [0.25, 0.3) is 0 Å². The smallest absolute Gasteiger partial charge is 0.356 e. The predicted molar refractivity (Wildman–Crippen MR) is 91.8 cm³/mol. The monoisotopic (exact) mass is 328 g/mol. The number of carboxylic acids is 1. The number of carboxylic acid groups (broad SMARTS) is 1. The van der Waals surface area contributed by atoms with Gasteiger partial charge in [0.05, 0.1) is 0 Å². The number of hydrogen-bond donors (Lipinski definition) is 1. The van der Waals surface area contributed by atoms with Crippen LogP contribution in [0.25, 0.3) is 11.3 Å². The first kappa shape index (κ1) is 16.2. The highest BCUT2D eigenvalue weighted by Crippen LogP contribution is 2.34. The topological polar surface area (TPSA) is 87.8 Å². The van der Waals surface area contributed by atoms with Crippen molar-refractivity contribution >= 4 is 17.3 Å². The normalized spacial score (nSPS) is 14.6. The van der Waals surface area contributed by atoms with Crippen molar-refractivity contribution in [2.75, 3.05) is 18.0 Å². The molecule has 0 spiro atoms. The van der Waals surface area contributed by atoms with Crippen molar-refractivity contribution in [2.45, 2.75) is 32.7 Å². The minimum Gasteiger partial charge on any atom is -0.476 e. The van der Waals surface area contributed by atoms with Gasteiger partial charge >= 0.3 is 5.97 Å². The van der Waals surface area contributed by atoms with Gasteiger partial charge in [0.2, 0.25) is 0 Å². The van der Waals surface area contributed by atoms with E-state index in [1.54, 1.807) is 6.92 Å². The van der Waals surface area contributed by atoms with Crippen molar-refractivity contribution in [1.29, 1.82) is 0 Å². The van der Waals surface area contributed by atoms with Crippen LogP contribution in [0.5, 0.6) is 0 Å². The van der Waals surface area contributed by atoms with E-state index >= 15 is 0 Å². The zero-order valence-electron chi connectivity index (χ0n) is 13.6. The molecule has 1 aliphatic heterocycles. The largest absolute Gasteiger partial charge is 0.476 e. The Kier molecular flexibility index (Phi) is 4.59. The van der Waals surface area contributed by atoms with E-state index in [1.165, 1.54) is 23.9 Å². The number of hydrogen-bond acceptors (Lipinski definition) is 5. The molecule has 0 amide bonds. The summed E-state index contributed by atoms with van der Waals surface area (Å²) in [6, 6.07) is 7.71. The minimum absolute atomic E-state index is 0.116. The summed E-state index contributed by atoms with van der Waals surface area (Å²) in [5, 5.41) is 16.5. The Morgan fingerprint density at radius 1 is 1.21 bits per heavy atom. The van der Waals surface area contributed by atoms with E-state index < -0.39 is 5.97 Å². The van der Waals surface area contributed by atoms with Crippen molar-refractivity contribution in [3.05, 3.63) is 34.9 Å². The first-order valence-electron chi connectivity index (χ1n) is 8.18. The van der Waals surface area contributed by atoms with Gasteiger partial charge in [0.15, 0.2) is 11.4 Å². The van der Waals surface area contributed by atoms with E-state index in [-0.39, 0.29) is 11.4 Å². The van der Waals surface area contributed by atoms with E-state index in [1.807, 2.05) is 24.3 Å². The first-order valence-corrected chi connectivity index (χ1v) is 8.18. The molecule has 0 bridgehead atoms. The summed E-state index contributed by atoms with van der Waals surface area (Å²) in [5.41, 5.74) is 1.86. The van der Waals surface area contributed by atoms with Crippen LogP contribution < -0.4 is 4.90 Å². The van der Waals surface area contributed by atoms with Crippen LogP contribution in [-0.4, -0.2) is 33.9 Å². The summed E-state index contributed by atoms with van der Waals surface area (Å²) in [5.74, 6) is -1.20. The standard InChI is InChI=1S/C17H20N4O3/c1-2-21-16(17(22)23)15(19-24)14(18-21)12-6-8-13(9-7-12)20-10-4-3-5-11-20/h6-9H,2-5,10-11H2,1H3,(H,22,23). The number of nitroso groups, excluding NO2 is 1. The fourth-order valence-electron chi connectivity index (χ4n) is 3.16. The molecule has 3 rings (SSSR count). The van der Waals surface area contributed by atoms with Gasteiger partial charge in [-0.1, -0.05) is 12.1 Å². The number of rotatable bonds is 5. The average molecular weight is 328 g/mol. The Hall–Kier alpha value is -2.70. The van der Waals surface area contributed by atoms with Crippen molar-refractivity contribution in [3.8, 4) is 11.3 Å². The molecule has 7 heteroatoms. The summed E-state index contributed by atoms with van der Waals surface area (Å²) in [4.78, 5) is 24.9. The van der Waals surface area contributed by atoms with Crippen LogP contribution in [0.4, 0.5) is 11.4 Å². The molecule has 0 saturated carbocycles. The van der Waals surface area contributed by atoms with Crippen molar-refractivity contribution in [3.63, 3.8) is 0 Å². The molecular formula is C17H20N4O3. The fourth-order valence-corrected chi connectivity index (χ4v) is 3.16. The van der Waals surface area contributed by atoms with Gasteiger partial charge in [0, 0.05) is 30.9 Å². The van der Waals surface area contributed by atoms with E-state index in [9.17, 15) is 14.8 Å². The van der Waals surface area contributed by atoms with Crippen LogP contribution in [0.1, 0.15) is 36.7 Å². The van der Waals surface area contributed by atoms with Crippen LogP contribution in [0.15, 0.2) is 29.4 Å². The maximum Gasteiger partial charge on any atom is 0.356 e. The Morgan fingerprint density at radius 2 is 1.88 bits per heavy atom. The molecule has 1 aromatic heterocycles. The van der Waals surface area contributed by atoms with E-state index in [2.05, 4.69) is 15.2 Å². The molecule has 0 aliphatic carbocycles. The average Bonchev–Trinajstić information content (AvgIpc) is 3.01. The number of carbonyl (C=O) groups is 1. The molecule has 2 heterocycles. The zero-order valence-corrected chi connectivity index (χ0v) is 13.6. The molecule has 7 nitrogen and oxygen atoms in total. The van der Waals surface area contributed by atoms with E-state index in [0.29, 0.717) is 17.8 Å². The number of benzene rings is 1. The minimum atomic E-state index is -1.20. The third-order valence-electron chi connectivity index (χ3n) is 4.38. The molecule has 1 saturated heterocycles. The van der Waals surface area contributed by atoms with Gasteiger partial charge < -0.3 is 10.0 Å². The molecule has 126 valence electrons. The highest BCUT2D eigenvalue weighted by atomic mass is 16.4. The second-order valence-electron chi connectivity index (χ2n) is 5.85. The second kappa shape index (κ2) is 6.82. The predicted octanol–water partition coefficient (Wildman–Crippen LogP) is 3.66. The summed E-state index contributed by atoms with van der Waals surface area (Å²) in [6.45, 7) is 4.23. The molecule has 1 aromatic carbocycles. The number of aromatic carboxylic acids is 1. The van der Waals surface area contributed by atoms with Crippen LogP contribution in [0.2, 0.25) is 0 Å². The number of aromatic nitrogens is 2. The molecule has 1 fully saturated rings. The molecule has 2 aromatic rings. The number of anilines is 1. The maximum absolute atomic E-state index is 11.4. The van der Waals surface area contributed by atoms with Gasteiger partial charge in [-0.3, -0.25) is 4.68 Å². The molecule has 1 aliphatic rings.